The van der Waals surface area contributed by atoms with Crippen LogP contribution in [0.4, 0.5) is 0 Å². The first-order valence-corrected chi connectivity index (χ1v) is 5.51. The van der Waals surface area contributed by atoms with Crippen molar-refractivity contribution in [2.75, 3.05) is 7.11 Å². The van der Waals surface area contributed by atoms with E-state index in [1.165, 1.54) is 12.7 Å². The van der Waals surface area contributed by atoms with Crippen molar-refractivity contribution in [3.8, 4) is 0 Å². The lowest BCUT2D eigenvalue weighted by Crippen LogP contribution is -2.42. The molecule has 1 aromatic carbocycles. The topological polar surface area (TPSA) is 52.3 Å². The molecular formula is C13H17NO2. The van der Waals surface area contributed by atoms with Gasteiger partial charge in [-0.1, -0.05) is 29.8 Å². The van der Waals surface area contributed by atoms with E-state index in [0.29, 0.717) is 0 Å². The first-order chi connectivity index (χ1) is 7.60. The lowest BCUT2D eigenvalue weighted by Gasteiger charge is -2.21. The number of carbonyl (C=O) groups excluding carboxylic acids is 1. The molecule has 3 heteroatoms. The van der Waals surface area contributed by atoms with Gasteiger partial charge in [-0.25, -0.2) is 0 Å². The molecule has 0 spiro atoms. The standard InChI is InChI=1S/C13H17NO2/c1-9-4-3-5-10(8-9)13(6-7-13)11(14)12(15)16-2/h3-5,8,11H,6-7,14H2,1-2H3. The average molecular weight is 219 g/mol. The Labute approximate surface area is 95.6 Å². The van der Waals surface area contributed by atoms with Gasteiger partial charge in [-0.2, -0.15) is 0 Å². The highest BCUT2D eigenvalue weighted by Crippen LogP contribution is 2.50. The molecule has 0 heterocycles. The summed E-state index contributed by atoms with van der Waals surface area (Å²) < 4.78 is 4.73. The van der Waals surface area contributed by atoms with Crippen LogP contribution in [0.2, 0.25) is 0 Å². The van der Waals surface area contributed by atoms with Gasteiger partial charge in [0.1, 0.15) is 6.04 Å². The molecule has 1 atom stereocenters. The Morgan fingerprint density at radius 2 is 2.19 bits per heavy atom. The van der Waals surface area contributed by atoms with E-state index in [2.05, 4.69) is 6.07 Å². The molecule has 0 bridgehead atoms. The van der Waals surface area contributed by atoms with Crippen LogP contribution in [0, 0.1) is 6.92 Å². The highest BCUT2D eigenvalue weighted by Gasteiger charge is 2.52. The molecule has 0 aromatic heterocycles. The smallest absolute Gasteiger partial charge is 0.323 e. The van der Waals surface area contributed by atoms with E-state index in [1.54, 1.807) is 0 Å². The largest absolute Gasteiger partial charge is 0.468 e. The van der Waals surface area contributed by atoms with Crippen LogP contribution in [-0.2, 0) is 14.9 Å². The average Bonchev–Trinajstić information content (AvgIpc) is 3.08. The molecule has 2 rings (SSSR count). The predicted octanol–water partition coefficient (Wildman–Crippen LogP) is 1.53. The number of rotatable bonds is 3. The Kier molecular flexibility index (Phi) is 2.72. The molecule has 86 valence electrons. The first-order valence-electron chi connectivity index (χ1n) is 5.51. The van der Waals surface area contributed by atoms with E-state index in [1.807, 2.05) is 25.1 Å². The van der Waals surface area contributed by atoms with Crippen LogP contribution in [-0.4, -0.2) is 19.1 Å². The summed E-state index contributed by atoms with van der Waals surface area (Å²) in [7, 11) is 1.38. The number of aryl methyl sites for hydroxylation is 1. The maximum absolute atomic E-state index is 11.5. The summed E-state index contributed by atoms with van der Waals surface area (Å²) in [6, 6.07) is 7.66. The van der Waals surface area contributed by atoms with Gasteiger partial charge in [0.2, 0.25) is 0 Å². The summed E-state index contributed by atoms with van der Waals surface area (Å²) in [6.07, 6.45) is 1.93. The van der Waals surface area contributed by atoms with Crippen LogP contribution in [0.1, 0.15) is 24.0 Å². The third kappa shape index (κ3) is 1.71. The van der Waals surface area contributed by atoms with Crippen molar-refractivity contribution in [2.24, 2.45) is 5.73 Å². The normalized spacial score (nSPS) is 18.9. The van der Waals surface area contributed by atoms with E-state index in [0.717, 1.165) is 18.4 Å². The monoisotopic (exact) mass is 219 g/mol. The van der Waals surface area contributed by atoms with Gasteiger partial charge in [0.05, 0.1) is 7.11 Å². The van der Waals surface area contributed by atoms with Gasteiger partial charge in [-0.05, 0) is 25.3 Å². The molecule has 1 aromatic rings. The van der Waals surface area contributed by atoms with Crippen LogP contribution in [0.5, 0.6) is 0 Å². The van der Waals surface area contributed by atoms with Crippen LogP contribution < -0.4 is 5.73 Å². The molecular weight excluding hydrogens is 202 g/mol. The minimum atomic E-state index is -0.542. The summed E-state index contributed by atoms with van der Waals surface area (Å²) in [5.41, 5.74) is 8.15. The van der Waals surface area contributed by atoms with Gasteiger partial charge >= 0.3 is 5.97 Å². The van der Waals surface area contributed by atoms with Crippen molar-refractivity contribution >= 4 is 5.97 Å². The Balaban J connectivity index is 2.29. The van der Waals surface area contributed by atoms with E-state index in [4.69, 9.17) is 10.5 Å². The second kappa shape index (κ2) is 3.91. The molecule has 1 aliphatic rings. The molecule has 1 saturated carbocycles. The summed E-state index contributed by atoms with van der Waals surface area (Å²) in [4.78, 5) is 11.5. The van der Waals surface area contributed by atoms with E-state index in [9.17, 15) is 4.79 Å². The minimum Gasteiger partial charge on any atom is -0.468 e. The summed E-state index contributed by atoms with van der Waals surface area (Å²) in [5, 5.41) is 0. The van der Waals surface area contributed by atoms with Gasteiger partial charge in [0.15, 0.2) is 0 Å². The first kappa shape index (κ1) is 11.1. The summed E-state index contributed by atoms with van der Waals surface area (Å²) in [6.45, 7) is 2.04. The zero-order valence-electron chi connectivity index (χ0n) is 9.69. The van der Waals surface area contributed by atoms with Crippen molar-refractivity contribution in [1.82, 2.24) is 0 Å². The molecule has 1 aliphatic carbocycles. The number of methoxy groups -OCH3 is 1. The van der Waals surface area contributed by atoms with Crippen LogP contribution in [0.15, 0.2) is 24.3 Å². The molecule has 0 saturated heterocycles. The van der Waals surface area contributed by atoms with E-state index >= 15 is 0 Å². The Hall–Kier alpha value is -1.35. The third-order valence-corrected chi connectivity index (χ3v) is 3.43. The van der Waals surface area contributed by atoms with Crippen LogP contribution in [0.3, 0.4) is 0 Å². The Morgan fingerprint density at radius 1 is 1.50 bits per heavy atom. The molecule has 0 radical (unpaired) electrons. The van der Waals surface area contributed by atoms with Crippen molar-refractivity contribution in [3.63, 3.8) is 0 Å². The van der Waals surface area contributed by atoms with Crippen LogP contribution in [0.25, 0.3) is 0 Å². The molecule has 2 N–H and O–H groups in total. The number of nitrogens with two attached hydrogens (primary N) is 1. The zero-order chi connectivity index (χ0) is 11.8. The quantitative estimate of drug-likeness (QED) is 0.784. The van der Waals surface area contributed by atoms with E-state index < -0.39 is 6.04 Å². The number of carbonyl (C=O) groups is 1. The van der Waals surface area contributed by atoms with Gasteiger partial charge in [0.25, 0.3) is 0 Å². The molecule has 0 aliphatic heterocycles. The molecule has 1 unspecified atom stereocenters. The molecule has 1 fully saturated rings. The summed E-state index contributed by atoms with van der Waals surface area (Å²) >= 11 is 0. The SMILES string of the molecule is COC(=O)C(N)C1(c2cccc(C)c2)CC1. The second-order valence-corrected chi connectivity index (χ2v) is 4.53. The van der Waals surface area contributed by atoms with Crippen molar-refractivity contribution < 1.29 is 9.53 Å². The van der Waals surface area contributed by atoms with Crippen molar-refractivity contribution in [1.29, 1.82) is 0 Å². The van der Waals surface area contributed by atoms with Gasteiger partial charge in [-0.15, -0.1) is 0 Å². The van der Waals surface area contributed by atoms with Crippen LogP contribution >= 0.6 is 0 Å². The fourth-order valence-corrected chi connectivity index (χ4v) is 2.22. The number of ether oxygens (including phenoxy) is 1. The molecule has 3 nitrogen and oxygen atoms in total. The fraction of sp³-hybridized carbons (Fsp3) is 0.462. The lowest BCUT2D eigenvalue weighted by molar-refractivity contribution is -0.143. The number of esters is 1. The Morgan fingerprint density at radius 3 is 2.69 bits per heavy atom. The van der Waals surface area contributed by atoms with E-state index in [-0.39, 0.29) is 11.4 Å². The minimum absolute atomic E-state index is 0.181. The molecule has 0 amide bonds. The predicted molar refractivity (Wildman–Crippen MR) is 62.1 cm³/mol. The fourth-order valence-electron chi connectivity index (χ4n) is 2.22. The summed E-state index contributed by atoms with van der Waals surface area (Å²) in [5.74, 6) is -0.320. The number of benzene rings is 1. The highest BCUT2D eigenvalue weighted by atomic mass is 16.5. The zero-order valence-corrected chi connectivity index (χ0v) is 9.69. The lowest BCUT2D eigenvalue weighted by atomic mass is 9.87. The molecule has 16 heavy (non-hydrogen) atoms. The van der Waals surface area contributed by atoms with Crippen molar-refractivity contribution in [2.45, 2.75) is 31.2 Å². The van der Waals surface area contributed by atoms with Gasteiger partial charge in [0, 0.05) is 5.41 Å². The van der Waals surface area contributed by atoms with Crippen molar-refractivity contribution in [3.05, 3.63) is 35.4 Å². The second-order valence-electron chi connectivity index (χ2n) is 4.53. The maximum Gasteiger partial charge on any atom is 0.323 e. The number of hydrogen-bond donors (Lipinski definition) is 1. The van der Waals surface area contributed by atoms with Gasteiger partial charge in [-0.3, -0.25) is 4.79 Å². The maximum atomic E-state index is 11.5. The highest BCUT2D eigenvalue weighted by molar-refractivity contribution is 5.78. The third-order valence-electron chi connectivity index (χ3n) is 3.43. The Bertz CT molecular complexity index is 410. The number of hydrogen-bond acceptors (Lipinski definition) is 3. The van der Waals surface area contributed by atoms with Gasteiger partial charge < -0.3 is 10.5 Å².